The molecule has 0 atom stereocenters. The molecule has 24 heavy (non-hydrogen) atoms. The second-order valence-corrected chi connectivity index (χ2v) is 7.92. The van der Waals surface area contributed by atoms with Crippen molar-refractivity contribution in [2.24, 2.45) is 0 Å². The Balaban J connectivity index is 2.02. The van der Waals surface area contributed by atoms with Crippen LogP contribution in [0.2, 0.25) is 0 Å². The molecule has 7 heteroatoms. The summed E-state index contributed by atoms with van der Waals surface area (Å²) in [6.07, 6.45) is 1.84. The number of para-hydroxylation sites is 2. The van der Waals surface area contributed by atoms with Crippen LogP contribution in [0.1, 0.15) is 5.56 Å². The number of fused-ring (bicyclic) bond motifs is 3. The third-order valence-corrected chi connectivity index (χ3v) is 5.69. The number of ether oxygens (including phenoxy) is 1. The summed E-state index contributed by atoms with van der Waals surface area (Å²) in [6.45, 7) is 0. The number of halogens is 2. The molecule has 0 bridgehead atoms. The maximum absolute atomic E-state index is 12.8. The van der Waals surface area contributed by atoms with E-state index >= 15 is 0 Å². The van der Waals surface area contributed by atoms with Crippen LogP contribution in [0.4, 0.5) is 0 Å². The lowest BCUT2D eigenvalue weighted by Crippen LogP contribution is -2.22. The first kappa shape index (κ1) is 15.8. The molecule has 120 valence electrons. The molecule has 4 aromatic rings. The molecular formula is C17H10Br2N2O2S. The summed E-state index contributed by atoms with van der Waals surface area (Å²) in [4.78, 5) is 18.0. The topological polar surface area (TPSA) is 43.6 Å². The quantitative estimate of drug-likeness (QED) is 0.449. The van der Waals surface area contributed by atoms with Crippen LogP contribution in [0.15, 0.2) is 50.1 Å². The van der Waals surface area contributed by atoms with Crippen LogP contribution >= 0.6 is 43.2 Å². The highest BCUT2D eigenvalue weighted by Gasteiger charge is 2.12. The van der Waals surface area contributed by atoms with Gasteiger partial charge in [-0.15, -0.1) is 0 Å². The number of rotatable bonds is 2. The molecule has 0 spiro atoms. The van der Waals surface area contributed by atoms with Crippen molar-refractivity contribution in [2.45, 2.75) is 0 Å². The Bertz CT molecular complexity index is 1200. The molecule has 4 nitrogen and oxygen atoms in total. The largest absolute Gasteiger partial charge is 0.495 e. The van der Waals surface area contributed by atoms with E-state index in [1.54, 1.807) is 11.5 Å². The molecule has 0 saturated carbocycles. The Labute approximate surface area is 157 Å². The minimum Gasteiger partial charge on any atom is -0.495 e. The van der Waals surface area contributed by atoms with Gasteiger partial charge in [0.1, 0.15) is 5.75 Å². The molecule has 2 heterocycles. The lowest BCUT2D eigenvalue weighted by Gasteiger charge is -2.07. The third kappa shape index (κ3) is 2.47. The molecule has 2 aromatic heterocycles. The van der Waals surface area contributed by atoms with Gasteiger partial charge in [-0.05, 0) is 46.3 Å². The lowest BCUT2D eigenvalue weighted by atomic mass is 10.2. The van der Waals surface area contributed by atoms with Crippen molar-refractivity contribution < 1.29 is 4.74 Å². The van der Waals surface area contributed by atoms with E-state index in [2.05, 4.69) is 36.8 Å². The molecule has 0 unspecified atom stereocenters. The number of hydrogen-bond acceptors (Lipinski definition) is 4. The highest BCUT2D eigenvalue weighted by Crippen LogP contribution is 2.33. The van der Waals surface area contributed by atoms with Crippen molar-refractivity contribution in [1.29, 1.82) is 0 Å². The summed E-state index contributed by atoms with van der Waals surface area (Å²) in [5, 5.41) is 0. The van der Waals surface area contributed by atoms with Crippen LogP contribution < -0.4 is 14.8 Å². The van der Waals surface area contributed by atoms with Gasteiger partial charge in [-0.1, -0.05) is 39.4 Å². The Morgan fingerprint density at radius 2 is 2.04 bits per heavy atom. The molecule has 0 radical (unpaired) electrons. The van der Waals surface area contributed by atoms with E-state index < -0.39 is 0 Å². The van der Waals surface area contributed by atoms with Crippen molar-refractivity contribution in [1.82, 2.24) is 9.38 Å². The molecular weight excluding hydrogens is 456 g/mol. The summed E-state index contributed by atoms with van der Waals surface area (Å²) in [5.41, 5.74) is 2.41. The standard InChI is InChI=1S/C17H10Br2N2O2S/c1-23-15-9(6-10(18)8-11(15)19)7-14-16(22)21-13-5-3-2-4-12(13)20-17(21)24-14/h2-8H,1H3. The monoisotopic (exact) mass is 464 g/mol. The van der Waals surface area contributed by atoms with Gasteiger partial charge in [0.05, 0.1) is 27.1 Å². The number of imidazole rings is 1. The van der Waals surface area contributed by atoms with Gasteiger partial charge in [0.25, 0.3) is 5.56 Å². The molecule has 2 aromatic carbocycles. The van der Waals surface area contributed by atoms with Gasteiger partial charge in [-0.3, -0.25) is 4.79 Å². The number of aromatic nitrogens is 2. The summed E-state index contributed by atoms with van der Waals surface area (Å²) < 4.78 is 9.45. The van der Waals surface area contributed by atoms with Crippen molar-refractivity contribution >= 4 is 65.3 Å². The number of hydrogen-bond donors (Lipinski definition) is 0. The van der Waals surface area contributed by atoms with Gasteiger partial charge >= 0.3 is 0 Å². The zero-order chi connectivity index (χ0) is 16.8. The summed E-state index contributed by atoms with van der Waals surface area (Å²) in [7, 11) is 1.61. The average Bonchev–Trinajstić information content (AvgIpc) is 3.04. The fraction of sp³-hybridized carbons (Fsp3) is 0.0588. The minimum atomic E-state index is -0.0677. The Morgan fingerprint density at radius 1 is 1.25 bits per heavy atom. The Morgan fingerprint density at radius 3 is 2.83 bits per heavy atom. The van der Waals surface area contributed by atoms with E-state index in [4.69, 9.17) is 4.74 Å². The van der Waals surface area contributed by atoms with Crippen molar-refractivity contribution in [2.75, 3.05) is 7.11 Å². The molecule has 0 aliphatic carbocycles. The van der Waals surface area contributed by atoms with Gasteiger partial charge < -0.3 is 4.74 Å². The second kappa shape index (κ2) is 5.98. The molecule has 0 aliphatic rings. The number of benzene rings is 2. The van der Waals surface area contributed by atoms with Crippen LogP contribution in [0, 0.1) is 0 Å². The van der Waals surface area contributed by atoms with Crippen LogP contribution in [0.25, 0.3) is 22.1 Å². The smallest absolute Gasteiger partial charge is 0.274 e. The van der Waals surface area contributed by atoms with Crippen LogP contribution in [-0.2, 0) is 0 Å². The molecule has 0 aliphatic heterocycles. The van der Waals surface area contributed by atoms with Gasteiger partial charge in [-0.2, -0.15) is 0 Å². The molecule has 0 fully saturated rings. The summed E-state index contributed by atoms with van der Waals surface area (Å²) in [6, 6.07) is 11.5. The SMILES string of the molecule is COc1c(Br)cc(Br)cc1C=c1sc2nc3ccccc3n2c1=O. The maximum Gasteiger partial charge on any atom is 0.274 e. The van der Waals surface area contributed by atoms with E-state index in [0.29, 0.717) is 15.2 Å². The normalized spacial score (nSPS) is 12.4. The van der Waals surface area contributed by atoms with Crippen molar-refractivity contribution in [3.8, 4) is 5.75 Å². The first-order valence-corrected chi connectivity index (χ1v) is 9.43. The molecule has 0 amide bonds. The van der Waals surface area contributed by atoms with Crippen LogP contribution in [0.3, 0.4) is 0 Å². The maximum atomic E-state index is 12.8. The lowest BCUT2D eigenvalue weighted by molar-refractivity contribution is 0.411. The summed E-state index contributed by atoms with van der Waals surface area (Å²) >= 11 is 8.33. The van der Waals surface area contributed by atoms with E-state index in [9.17, 15) is 4.79 Å². The van der Waals surface area contributed by atoms with Crippen molar-refractivity contribution in [3.63, 3.8) is 0 Å². The highest BCUT2D eigenvalue weighted by atomic mass is 79.9. The number of nitrogens with zero attached hydrogens (tertiary/aromatic N) is 2. The first-order valence-electron chi connectivity index (χ1n) is 7.03. The predicted octanol–water partition coefficient (Wildman–Crippen LogP) is 3.99. The zero-order valence-corrected chi connectivity index (χ0v) is 16.4. The molecule has 4 rings (SSSR count). The first-order chi connectivity index (χ1) is 11.6. The fourth-order valence-electron chi connectivity index (χ4n) is 2.66. The molecule has 0 saturated heterocycles. The van der Waals surface area contributed by atoms with Gasteiger partial charge in [-0.25, -0.2) is 9.38 Å². The van der Waals surface area contributed by atoms with Crippen LogP contribution in [-0.4, -0.2) is 16.5 Å². The third-order valence-electron chi connectivity index (χ3n) is 3.67. The van der Waals surface area contributed by atoms with Crippen molar-refractivity contribution in [3.05, 3.63) is 65.8 Å². The van der Waals surface area contributed by atoms with Gasteiger partial charge in [0.2, 0.25) is 0 Å². The number of methoxy groups -OCH3 is 1. The average molecular weight is 466 g/mol. The van der Waals surface area contributed by atoms with E-state index in [0.717, 1.165) is 25.5 Å². The van der Waals surface area contributed by atoms with Crippen LogP contribution in [0.5, 0.6) is 5.75 Å². The van der Waals surface area contributed by atoms with Gasteiger partial charge in [0, 0.05) is 10.0 Å². The fourth-order valence-corrected chi connectivity index (χ4v) is 5.05. The highest BCUT2D eigenvalue weighted by molar-refractivity contribution is 9.11. The van der Waals surface area contributed by atoms with Gasteiger partial charge in [0.15, 0.2) is 4.96 Å². The second-order valence-electron chi connectivity index (χ2n) is 5.14. The van der Waals surface area contributed by atoms with E-state index in [1.807, 2.05) is 42.5 Å². The predicted molar refractivity (Wildman–Crippen MR) is 104 cm³/mol. The summed E-state index contributed by atoms with van der Waals surface area (Å²) in [5.74, 6) is 0.688. The number of thiazole rings is 1. The van der Waals surface area contributed by atoms with E-state index in [1.165, 1.54) is 11.3 Å². The van der Waals surface area contributed by atoms with E-state index in [-0.39, 0.29) is 5.56 Å². The Hall–Kier alpha value is -1.70. The Kier molecular flexibility index (Phi) is 3.94. The minimum absolute atomic E-state index is 0.0677. The molecule has 0 N–H and O–H groups in total. The zero-order valence-electron chi connectivity index (χ0n) is 12.4.